The summed E-state index contributed by atoms with van der Waals surface area (Å²) >= 11 is 0.256. The maximum atomic E-state index is 10.3. The molecule has 0 aliphatic carbocycles. The normalized spacial score (nSPS) is 13.2. The Balaban J connectivity index is 0.000000720. The fourth-order valence-electron chi connectivity index (χ4n) is 1.02. The molecule has 0 saturated heterocycles. The fraction of sp³-hybridized carbons (Fsp3) is 0.143. The Morgan fingerprint density at radius 2 is 2.42 bits per heavy atom. The first-order chi connectivity index (χ1) is 5.27. The van der Waals surface area contributed by atoms with Gasteiger partial charge in [0.15, 0.2) is 0 Å². The maximum absolute atomic E-state index is 10.3. The van der Waals surface area contributed by atoms with Crippen molar-refractivity contribution in [1.82, 2.24) is 0 Å². The molecule has 12 heavy (non-hydrogen) atoms. The minimum Gasteiger partial charge on any atom is 1.00 e. The molecule has 5 heteroatoms. The zero-order chi connectivity index (χ0) is 7.84. The summed E-state index contributed by atoms with van der Waals surface area (Å²) in [7, 11) is 0. The van der Waals surface area contributed by atoms with Crippen LogP contribution >= 0.6 is 0 Å². The van der Waals surface area contributed by atoms with Gasteiger partial charge >= 0.3 is 98.2 Å². The van der Waals surface area contributed by atoms with Gasteiger partial charge < -0.3 is 0 Å². The van der Waals surface area contributed by atoms with E-state index in [2.05, 4.69) is 4.99 Å². The number of carbonyl (C=O) groups excluding carboxylic acids is 1. The number of carboxylic acid groups (broad SMARTS) is 1. The number of rotatable bonds is 1. The molecule has 0 fully saturated rings. The van der Waals surface area contributed by atoms with Crippen molar-refractivity contribution in [3.8, 4) is 0 Å². The maximum Gasteiger partial charge on any atom is 1.00 e. The first-order valence-electron chi connectivity index (χ1n) is 3.12. The zero-order valence-corrected chi connectivity index (χ0v) is 10.2. The number of carboxylic acids is 1. The Hall–Kier alpha value is 0.139. The van der Waals surface area contributed by atoms with Gasteiger partial charge in [-0.3, -0.25) is 0 Å². The molecule has 56 valence electrons. The van der Waals surface area contributed by atoms with Crippen molar-refractivity contribution in [2.75, 3.05) is 0 Å². The molecular formula is C7H4NNaO2Se. The minimum absolute atomic E-state index is 0. The SMILES string of the molecule is O=C([O-])C1=Nc2[se]ccc2C1.[Na+]. The summed E-state index contributed by atoms with van der Waals surface area (Å²) in [6, 6.07) is 1.95. The van der Waals surface area contributed by atoms with Gasteiger partial charge in [0, 0.05) is 0 Å². The Labute approximate surface area is 97.5 Å². The average Bonchev–Trinajstić information content (AvgIpc) is 2.40. The smallest absolute Gasteiger partial charge is 1.00 e. The summed E-state index contributed by atoms with van der Waals surface area (Å²) in [4.78, 5) is 16.3. The minimum atomic E-state index is -1.14. The summed E-state index contributed by atoms with van der Waals surface area (Å²) in [6.07, 6.45) is 0.454. The van der Waals surface area contributed by atoms with Crippen LogP contribution < -0.4 is 34.7 Å². The van der Waals surface area contributed by atoms with Crippen LogP contribution in [-0.4, -0.2) is 26.2 Å². The van der Waals surface area contributed by atoms with Gasteiger partial charge in [-0.2, -0.15) is 0 Å². The number of hydrogen-bond acceptors (Lipinski definition) is 3. The van der Waals surface area contributed by atoms with E-state index in [4.69, 9.17) is 0 Å². The molecule has 1 aromatic heterocycles. The van der Waals surface area contributed by atoms with E-state index in [-0.39, 0.29) is 49.8 Å². The third-order valence-corrected chi connectivity index (χ3v) is 3.33. The first-order valence-corrected chi connectivity index (χ1v) is 4.97. The van der Waals surface area contributed by atoms with Crippen molar-refractivity contribution in [3.05, 3.63) is 16.6 Å². The zero-order valence-electron chi connectivity index (χ0n) is 6.53. The predicted octanol–water partition coefficient (Wildman–Crippen LogP) is -3.87. The van der Waals surface area contributed by atoms with Gasteiger partial charge in [-0.05, 0) is 0 Å². The number of hydrogen-bond donors (Lipinski definition) is 0. The van der Waals surface area contributed by atoms with Crippen molar-refractivity contribution < 1.29 is 39.5 Å². The predicted molar refractivity (Wildman–Crippen MR) is 39.2 cm³/mol. The number of aliphatic carboxylic acids is 1. The second-order valence-corrected chi connectivity index (χ2v) is 4.15. The molecule has 0 amide bonds. The van der Waals surface area contributed by atoms with Crippen LogP contribution in [0.25, 0.3) is 0 Å². The van der Waals surface area contributed by atoms with Crippen molar-refractivity contribution in [2.24, 2.45) is 4.99 Å². The van der Waals surface area contributed by atoms with Gasteiger partial charge in [0.05, 0.1) is 0 Å². The molecule has 0 unspecified atom stereocenters. The van der Waals surface area contributed by atoms with E-state index in [1.165, 1.54) is 0 Å². The second-order valence-electron chi connectivity index (χ2n) is 2.27. The molecule has 0 aromatic carbocycles. The molecule has 0 N–H and O–H groups in total. The van der Waals surface area contributed by atoms with E-state index in [0.717, 1.165) is 10.1 Å². The van der Waals surface area contributed by atoms with Gasteiger partial charge in [0.1, 0.15) is 0 Å². The monoisotopic (exact) mass is 237 g/mol. The topological polar surface area (TPSA) is 52.5 Å². The van der Waals surface area contributed by atoms with Crippen molar-refractivity contribution >= 4 is 30.7 Å². The Bertz CT molecular complexity index is 345. The van der Waals surface area contributed by atoms with E-state index >= 15 is 0 Å². The third-order valence-electron chi connectivity index (χ3n) is 1.55. The van der Waals surface area contributed by atoms with Crippen LogP contribution in [-0.2, 0) is 11.2 Å². The summed E-state index contributed by atoms with van der Waals surface area (Å²) < 4.78 is 0.955. The number of nitrogens with zero attached hydrogens (tertiary/aromatic N) is 1. The Morgan fingerprint density at radius 3 is 3.00 bits per heavy atom. The van der Waals surface area contributed by atoms with Crippen molar-refractivity contribution in [1.29, 1.82) is 0 Å². The van der Waals surface area contributed by atoms with Crippen LogP contribution in [0.2, 0.25) is 0 Å². The summed E-state index contributed by atoms with van der Waals surface area (Å²) in [6.45, 7) is 0. The van der Waals surface area contributed by atoms with Gasteiger partial charge in [-0.15, -0.1) is 0 Å². The van der Waals surface area contributed by atoms with E-state index < -0.39 is 5.97 Å². The van der Waals surface area contributed by atoms with Crippen LogP contribution in [0.5, 0.6) is 0 Å². The standard InChI is InChI=1S/C7H5NO2Se.Na/c9-7(10)5-3-4-1-2-11-6(4)8-5;/h1-2H,3H2,(H,9,10);/q;+1/p-1. The van der Waals surface area contributed by atoms with E-state index in [0.29, 0.717) is 6.42 Å². The third kappa shape index (κ3) is 1.73. The van der Waals surface area contributed by atoms with E-state index in [1.54, 1.807) is 0 Å². The molecule has 2 heterocycles. The quantitative estimate of drug-likeness (QED) is 0.468. The second kappa shape index (κ2) is 3.90. The molecule has 0 spiro atoms. The molecule has 1 aliphatic rings. The number of carbonyl (C=O) groups is 1. The Kier molecular flexibility index (Phi) is 3.32. The largest absolute Gasteiger partial charge is 1.00 e. The van der Waals surface area contributed by atoms with E-state index in [9.17, 15) is 9.90 Å². The molecule has 1 aliphatic heterocycles. The molecular weight excluding hydrogens is 232 g/mol. The van der Waals surface area contributed by atoms with Gasteiger partial charge in [0.2, 0.25) is 0 Å². The summed E-state index contributed by atoms with van der Waals surface area (Å²) in [5.41, 5.74) is 1.24. The van der Waals surface area contributed by atoms with Gasteiger partial charge in [-0.1, -0.05) is 0 Å². The van der Waals surface area contributed by atoms with Crippen LogP contribution in [0.3, 0.4) is 0 Å². The fourth-order valence-corrected chi connectivity index (χ4v) is 2.73. The van der Waals surface area contributed by atoms with Gasteiger partial charge in [0.25, 0.3) is 0 Å². The average molecular weight is 236 g/mol. The molecule has 2 rings (SSSR count). The first kappa shape index (κ1) is 10.2. The van der Waals surface area contributed by atoms with Crippen LogP contribution in [0.1, 0.15) is 5.56 Å². The summed E-state index contributed by atoms with van der Waals surface area (Å²) in [5.74, 6) is -1.14. The number of fused-ring (bicyclic) bond motifs is 1. The Morgan fingerprint density at radius 1 is 1.67 bits per heavy atom. The van der Waals surface area contributed by atoms with Crippen LogP contribution in [0.15, 0.2) is 16.0 Å². The van der Waals surface area contributed by atoms with Crippen LogP contribution in [0.4, 0.5) is 4.56 Å². The molecule has 1 aromatic rings. The molecule has 0 radical (unpaired) electrons. The molecule has 0 bridgehead atoms. The summed E-state index contributed by atoms with van der Waals surface area (Å²) in [5, 5.41) is 10.3. The van der Waals surface area contributed by atoms with Crippen molar-refractivity contribution in [3.63, 3.8) is 0 Å². The van der Waals surface area contributed by atoms with Gasteiger partial charge in [-0.25, -0.2) is 0 Å². The molecule has 3 nitrogen and oxygen atoms in total. The molecule has 0 atom stereocenters. The van der Waals surface area contributed by atoms with E-state index in [1.807, 2.05) is 11.0 Å². The van der Waals surface area contributed by atoms with Crippen LogP contribution in [0, 0.1) is 0 Å². The van der Waals surface area contributed by atoms with Crippen molar-refractivity contribution in [2.45, 2.75) is 6.42 Å². The molecule has 0 saturated carbocycles. The number of aliphatic imine (C=N–C) groups is 1.